The van der Waals surface area contributed by atoms with Gasteiger partial charge in [0, 0.05) is 17.8 Å². The third kappa shape index (κ3) is 8.82. The van der Waals surface area contributed by atoms with Crippen molar-refractivity contribution in [3.8, 4) is 17.6 Å². The zero-order valence-electron chi connectivity index (χ0n) is 22.0. The summed E-state index contributed by atoms with van der Waals surface area (Å²) >= 11 is 16.1. The van der Waals surface area contributed by atoms with Crippen LogP contribution in [0.4, 0.5) is 5.69 Å². The molecule has 2 N–H and O–H groups in total. The zero-order valence-corrected chi connectivity index (χ0v) is 24.4. The second kappa shape index (κ2) is 14.1. The molecule has 1 aliphatic carbocycles. The van der Waals surface area contributed by atoms with Gasteiger partial charge < -0.3 is 14.8 Å². The second-order valence-corrected chi connectivity index (χ2v) is 10.9. The molecule has 1 saturated carbocycles. The molecule has 1 aliphatic rings. The van der Waals surface area contributed by atoms with Crippen LogP contribution in [-0.2, 0) is 0 Å². The van der Waals surface area contributed by atoms with Crippen LogP contribution in [0.2, 0.25) is 5.02 Å². The molecule has 38 heavy (non-hydrogen) atoms. The van der Waals surface area contributed by atoms with E-state index in [2.05, 4.69) is 54.4 Å². The van der Waals surface area contributed by atoms with E-state index in [1.165, 1.54) is 12.6 Å². The summed E-state index contributed by atoms with van der Waals surface area (Å²) in [6.45, 7) is 4.38. The van der Waals surface area contributed by atoms with Gasteiger partial charge >= 0.3 is 0 Å². The van der Waals surface area contributed by atoms with Crippen molar-refractivity contribution in [1.29, 1.82) is 5.26 Å². The molecule has 204 valence electrons. The third-order valence-corrected chi connectivity index (χ3v) is 6.76. The van der Waals surface area contributed by atoms with Crippen LogP contribution in [-0.4, -0.2) is 40.8 Å². The SMILES string of the molecule is CC/C=C/C(=N\[N+](C)(O)S)Nc1ccc(C2CCC(Oc3cc(Cl)c(OCCCl)c(C#N)c3)CC2)cc1C. The van der Waals surface area contributed by atoms with Gasteiger partial charge in [0.05, 0.1) is 22.6 Å². The standard InChI is InChI=1S/C28H35Cl2N4O3S/c1-4-5-6-27(33-34(3,35)38)32-26-12-9-21(15-19(26)2)20-7-10-23(11-8-20)37-24-16-22(18-31)28(25(30)17-24)36-14-13-29/h5-6,9,12,15-17,20,23,35,38H,4,7-8,10-11,13-14H2,1-3H3,(H,32,33)/q+1/b6-5+. The van der Waals surface area contributed by atoms with Crippen molar-refractivity contribution >= 4 is 47.5 Å². The van der Waals surface area contributed by atoms with Crippen LogP contribution in [0.1, 0.15) is 61.6 Å². The average Bonchev–Trinajstić information content (AvgIpc) is 2.87. The Hall–Kier alpha value is -2.41. The minimum Gasteiger partial charge on any atom is -0.490 e. The van der Waals surface area contributed by atoms with E-state index in [1.807, 2.05) is 19.1 Å². The fourth-order valence-electron chi connectivity index (χ4n) is 4.47. The van der Waals surface area contributed by atoms with E-state index in [1.54, 1.807) is 12.1 Å². The van der Waals surface area contributed by atoms with Crippen LogP contribution in [0, 0.1) is 18.3 Å². The predicted molar refractivity (Wildman–Crippen MR) is 157 cm³/mol. The van der Waals surface area contributed by atoms with Crippen LogP contribution in [0.5, 0.6) is 11.5 Å². The Morgan fingerprint density at radius 3 is 2.63 bits per heavy atom. The first-order chi connectivity index (χ1) is 18.1. The number of quaternary nitrogens is 1. The number of allylic oxidation sites excluding steroid dienone is 1. The van der Waals surface area contributed by atoms with Crippen molar-refractivity contribution in [2.75, 3.05) is 24.9 Å². The van der Waals surface area contributed by atoms with Crippen molar-refractivity contribution < 1.29 is 18.8 Å². The predicted octanol–water partition coefficient (Wildman–Crippen LogP) is 7.62. The first-order valence-electron chi connectivity index (χ1n) is 12.7. The molecule has 0 aliphatic heterocycles. The van der Waals surface area contributed by atoms with Gasteiger partial charge in [-0.3, -0.25) is 0 Å². The molecule has 2 aromatic rings. The number of thiol groups is 1. The Labute approximate surface area is 240 Å². The average molecular weight is 579 g/mol. The number of halogens is 2. The molecule has 0 spiro atoms. The molecular formula is C28H35Cl2N4O3S+. The summed E-state index contributed by atoms with van der Waals surface area (Å²) in [5.74, 6) is 2.20. The lowest BCUT2D eigenvalue weighted by molar-refractivity contribution is -0.979. The van der Waals surface area contributed by atoms with E-state index in [4.69, 9.17) is 32.7 Å². The Kier molecular flexibility index (Phi) is 11.2. The lowest BCUT2D eigenvalue weighted by atomic mass is 9.82. The van der Waals surface area contributed by atoms with E-state index in [-0.39, 0.29) is 12.7 Å². The maximum absolute atomic E-state index is 9.95. The number of hydrogen-bond donors (Lipinski definition) is 3. The van der Waals surface area contributed by atoms with Crippen LogP contribution >= 0.6 is 36.0 Å². The quantitative estimate of drug-likeness (QED) is 0.0675. The van der Waals surface area contributed by atoms with Gasteiger partial charge in [-0.25, -0.2) is 0 Å². The normalized spacial score (nSPS) is 19.6. The maximum atomic E-state index is 9.95. The number of alkyl halides is 1. The number of aryl methyl sites for hydroxylation is 1. The highest BCUT2D eigenvalue weighted by Gasteiger charge is 2.25. The molecule has 10 heteroatoms. The third-order valence-electron chi connectivity index (χ3n) is 6.23. The Morgan fingerprint density at radius 2 is 2.03 bits per heavy atom. The van der Waals surface area contributed by atoms with Crippen molar-refractivity contribution in [2.24, 2.45) is 5.10 Å². The van der Waals surface area contributed by atoms with Gasteiger partial charge in [0.15, 0.2) is 11.6 Å². The molecule has 0 amide bonds. The van der Waals surface area contributed by atoms with Gasteiger partial charge in [-0.2, -0.15) is 10.5 Å². The van der Waals surface area contributed by atoms with Crippen LogP contribution in [0.15, 0.2) is 47.6 Å². The molecule has 0 radical (unpaired) electrons. The Balaban J connectivity index is 1.63. The van der Waals surface area contributed by atoms with Crippen LogP contribution in [0.25, 0.3) is 0 Å². The summed E-state index contributed by atoms with van der Waals surface area (Å²) in [6, 6.07) is 11.9. The summed E-state index contributed by atoms with van der Waals surface area (Å²) in [5, 5.41) is 27.3. The lowest BCUT2D eigenvalue weighted by Crippen LogP contribution is -2.26. The van der Waals surface area contributed by atoms with Crippen molar-refractivity contribution in [3.05, 3.63) is 64.2 Å². The number of nitriles is 1. The van der Waals surface area contributed by atoms with Crippen molar-refractivity contribution in [3.63, 3.8) is 0 Å². The van der Waals surface area contributed by atoms with Gasteiger partial charge in [0.1, 0.15) is 38.3 Å². The van der Waals surface area contributed by atoms with Gasteiger partial charge in [-0.05, 0) is 77.5 Å². The molecule has 1 atom stereocenters. The first kappa shape index (κ1) is 30.1. The number of amidine groups is 1. The van der Waals surface area contributed by atoms with Gasteiger partial charge in [-0.1, -0.05) is 36.7 Å². The largest absolute Gasteiger partial charge is 0.490 e. The molecular weight excluding hydrogens is 543 g/mol. The molecule has 1 fully saturated rings. The number of ether oxygens (including phenoxy) is 2. The maximum Gasteiger partial charge on any atom is 0.191 e. The first-order valence-corrected chi connectivity index (χ1v) is 14.0. The van der Waals surface area contributed by atoms with E-state index in [9.17, 15) is 10.5 Å². The van der Waals surface area contributed by atoms with Crippen LogP contribution < -0.4 is 14.8 Å². The Morgan fingerprint density at radius 1 is 1.29 bits per heavy atom. The van der Waals surface area contributed by atoms with Crippen molar-refractivity contribution in [1.82, 2.24) is 0 Å². The minimum atomic E-state index is -0.811. The highest BCUT2D eigenvalue weighted by atomic mass is 35.5. The number of benzene rings is 2. The number of nitrogens with zero attached hydrogens (tertiary/aromatic N) is 3. The summed E-state index contributed by atoms with van der Waals surface area (Å²) in [5.41, 5.74) is 3.66. The highest BCUT2D eigenvalue weighted by molar-refractivity contribution is 7.74. The topological polar surface area (TPSA) is 86.9 Å². The molecule has 7 nitrogen and oxygen atoms in total. The number of anilines is 1. The van der Waals surface area contributed by atoms with Gasteiger partial charge in [0.25, 0.3) is 0 Å². The zero-order chi connectivity index (χ0) is 27.7. The molecule has 1 unspecified atom stereocenters. The van der Waals surface area contributed by atoms with E-state index in [0.29, 0.717) is 39.7 Å². The number of hydroxylamine groups is 1. The summed E-state index contributed by atoms with van der Waals surface area (Å²) in [7, 11) is 1.46. The lowest BCUT2D eigenvalue weighted by Gasteiger charge is -2.30. The summed E-state index contributed by atoms with van der Waals surface area (Å²) < 4.78 is 10.9. The fraction of sp³-hybridized carbons (Fsp3) is 0.429. The van der Waals surface area contributed by atoms with Crippen LogP contribution in [0.3, 0.4) is 0 Å². The number of nitrogens with one attached hydrogen (secondary N) is 1. The summed E-state index contributed by atoms with van der Waals surface area (Å²) in [6.07, 6.45) is 8.53. The molecule has 0 aromatic heterocycles. The van der Waals surface area contributed by atoms with E-state index in [0.717, 1.165) is 43.4 Å². The van der Waals surface area contributed by atoms with Gasteiger partial charge in [0.2, 0.25) is 0 Å². The monoisotopic (exact) mass is 577 g/mol. The molecule has 0 saturated heterocycles. The van der Waals surface area contributed by atoms with E-state index >= 15 is 0 Å². The molecule has 3 rings (SSSR count). The summed E-state index contributed by atoms with van der Waals surface area (Å²) in [4.78, 5) is 0. The number of rotatable bonds is 10. The highest BCUT2D eigenvalue weighted by Crippen LogP contribution is 2.38. The second-order valence-electron chi connectivity index (χ2n) is 9.39. The minimum absolute atomic E-state index is 0.0572. The molecule has 0 bridgehead atoms. The Bertz CT molecular complexity index is 1200. The van der Waals surface area contributed by atoms with E-state index < -0.39 is 4.16 Å². The van der Waals surface area contributed by atoms with Gasteiger partial charge in [-0.15, -0.1) is 11.6 Å². The molecule has 0 heterocycles. The fourth-order valence-corrected chi connectivity index (χ4v) is 4.90. The smallest absolute Gasteiger partial charge is 0.191 e. The number of hydrogen-bond acceptors (Lipinski definition) is 6. The van der Waals surface area contributed by atoms with Crippen molar-refractivity contribution in [2.45, 2.75) is 58.0 Å². The molecule has 2 aromatic carbocycles.